The number of rotatable bonds is 3. The fraction of sp³-hybridized carbons (Fsp3) is 0.111. The molecule has 0 atom stereocenters. The van der Waals surface area contributed by atoms with Crippen LogP contribution in [0.1, 0.15) is 11.1 Å². The molecule has 0 saturated carbocycles. The van der Waals surface area contributed by atoms with Crippen LogP contribution in [0.2, 0.25) is 0 Å². The number of benzene rings is 2. The van der Waals surface area contributed by atoms with E-state index >= 15 is 0 Å². The molecule has 0 spiro atoms. The van der Waals surface area contributed by atoms with Crippen LogP contribution in [0, 0.1) is 0 Å². The van der Waals surface area contributed by atoms with Gasteiger partial charge in [0, 0.05) is 4.47 Å². The number of amides is 2. The van der Waals surface area contributed by atoms with Gasteiger partial charge < -0.3 is 9.47 Å². The Kier molecular flexibility index (Phi) is 4.27. The molecule has 2 aliphatic rings. The predicted molar refractivity (Wildman–Crippen MR) is 98.2 cm³/mol. The molecule has 2 heterocycles. The summed E-state index contributed by atoms with van der Waals surface area (Å²) in [4.78, 5) is 26.5. The van der Waals surface area contributed by atoms with E-state index in [1.807, 2.05) is 30.3 Å². The maximum atomic E-state index is 12.6. The maximum Gasteiger partial charge on any atom is 0.293 e. The molecule has 0 radical (unpaired) electrons. The Bertz CT molecular complexity index is 912. The second-order valence-corrected chi connectivity index (χ2v) is 7.42. The number of imide groups is 1. The lowest BCUT2D eigenvalue weighted by Gasteiger charge is -2.12. The van der Waals surface area contributed by atoms with Crippen LogP contribution >= 0.6 is 27.7 Å². The maximum absolute atomic E-state index is 12.6. The van der Waals surface area contributed by atoms with Crippen LogP contribution in [-0.2, 0) is 11.3 Å². The van der Waals surface area contributed by atoms with Gasteiger partial charge in [0.2, 0.25) is 6.79 Å². The quantitative estimate of drug-likeness (QED) is 0.692. The van der Waals surface area contributed by atoms with Gasteiger partial charge in [-0.3, -0.25) is 14.5 Å². The number of fused-ring (bicyclic) bond motifs is 1. The Labute approximate surface area is 156 Å². The van der Waals surface area contributed by atoms with Gasteiger partial charge >= 0.3 is 0 Å². The smallest absolute Gasteiger partial charge is 0.293 e. The van der Waals surface area contributed by atoms with E-state index in [0.29, 0.717) is 16.4 Å². The molecule has 5 nitrogen and oxygen atoms in total. The molecule has 0 unspecified atom stereocenters. The van der Waals surface area contributed by atoms with Crippen molar-refractivity contribution in [2.24, 2.45) is 0 Å². The molecule has 0 aliphatic carbocycles. The normalized spacial score (nSPS) is 17.6. The van der Waals surface area contributed by atoms with Gasteiger partial charge in [-0.05, 0) is 53.2 Å². The Morgan fingerprint density at radius 3 is 2.80 bits per heavy atom. The van der Waals surface area contributed by atoms with Crippen molar-refractivity contribution >= 4 is 44.9 Å². The molecular formula is C18H12BrNO4S. The number of carbonyl (C=O) groups excluding carboxylic acids is 2. The van der Waals surface area contributed by atoms with E-state index in [2.05, 4.69) is 15.9 Å². The highest BCUT2D eigenvalue weighted by Gasteiger charge is 2.35. The third-order valence-electron chi connectivity index (χ3n) is 3.80. The summed E-state index contributed by atoms with van der Waals surface area (Å²) in [5.41, 5.74) is 1.68. The topological polar surface area (TPSA) is 55.8 Å². The van der Waals surface area contributed by atoms with Crippen LogP contribution in [0.4, 0.5) is 4.79 Å². The highest BCUT2D eigenvalue weighted by molar-refractivity contribution is 9.10. The standard InChI is InChI=1S/C18H12BrNO4S/c19-13-3-1-2-12(6-13)9-20-17(21)16(25-18(20)22)8-11-4-5-14-15(7-11)24-10-23-14/h1-8H,9-10H2/b16-8+. The Morgan fingerprint density at radius 1 is 1.12 bits per heavy atom. The van der Waals surface area contributed by atoms with Crippen molar-refractivity contribution in [3.63, 3.8) is 0 Å². The fourth-order valence-electron chi connectivity index (χ4n) is 2.61. The number of ether oxygens (including phenoxy) is 2. The van der Waals surface area contributed by atoms with E-state index in [1.165, 1.54) is 4.90 Å². The number of hydrogen-bond acceptors (Lipinski definition) is 5. The molecule has 2 aliphatic heterocycles. The van der Waals surface area contributed by atoms with Gasteiger partial charge in [0.05, 0.1) is 11.4 Å². The molecule has 1 fully saturated rings. The first-order chi connectivity index (χ1) is 12.1. The van der Waals surface area contributed by atoms with E-state index in [0.717, 1.165) is 27.4 Å². The van der Waals surface area contributed by atoms with E-state index in [9.17, 15) is 9.59 Å². The van der Waals surface area contributed by atoms with Crippen LogP contribution in [0.5, 0.6) is 11.5 Å². The third-order valence-corrected chi connectivity index (χ3v) is 5.20. The van der Waals surface area contributed by atoms with Crippen molar-refractivity contribution < 1.29 is 19.1 Å². The minimum absolute atomic E-state index is 0.196. The predicted octanol–water partition coefficient (Wildman–Crippen LogP) is 4.41. The summed E-state index contributed by atoms with van der Waals surface area (Å²) in [6.07, 6.45) is 1.70. The number of carbonyl (C=O) groups is 2. The molecule has 2 aromatic carbocycles. The zero-order chi connectivity index (χ0) is 17.4. The Morgan fingerprint density at radius 2 is 1.96 bits per heavy atom. The molecule has 2 amide bonds. The van der Waals surface area contributed by atoms with E-state index in [1.54, 1.807) is 18.2 Å². The second kappa shape index (κ2) is 6.57. The molecule has 25 heavy (non-hydrogen) atoms. The molecule has 1 saturated heterocycles. The van der Waals surface area contributed by atoms with Crippen LogP contribution in [0.15, 0.2) is 51.8 Å². The summed E-state index contributed by atoms with van der Waals surface area (Å²) in [5, 5.41) is -0.267. The first-order valence-corrected chi connectivity index (χ1v) is 9.10. The fourth-order valence-corrected chi connectivity index (χ4v) is 3.89. The number of thioether (sulfide) groups is 1. The second-order valence-electron chi connectivity index (χ2n) is 5.51. The van der Waals surface area contributed by atoms with Crippen molar-refractivity contribution in [3.8, 4) is 11.5 Å². The minimum atomic E-state index is -0.285. The molecule has 0 bridgehead atoms. The van der Waals surface area contributed by atoms with Crippen molar-refractivity contribution in [1.82, 2.24) is 4.90 Å². The summed E-state index contributed by atoms with van der Waals surface area (Å²) in [5.74, 6) is 1.04. The summed E-state index contributed by atoms with van der Waals surface area (Å²) in [6, 6.07) is 13.0. The van der Waals surface area contributed by atoms with Crippen molar-refractivity contribution in [1.29, 1.82) is 0 Å². The zero-order valence-corrected chi connectivity index (χ0v) is 15.3. The lowest BCUT2D eigenvalue weighted by Crippen LogP contribution is -2.27. The highest BCUT2D eigenvalue weighted by atomic mass is 79.9. The molecular weight excluding hydrogens is 406 g/mol. The first-order valence-electron chi connectivity index (χ1n) is 7.49. The summed E-state index contributed by atoms with van der Waals surface area (Å²) < 4.78 is 11.5. The summed E-state index contributed by atoms with van der Waals surface area (Å²) in [6.45, 7) is 0.449. The van der Waals surface area contributed by atoms with Crippen molar-refractivity contribution in [3.05, 3.63) is 63.0 Å². The lowest BCUT2D eigenvalue weighted by atomic mass is 10.2. The van der Waals surface area contributed by atoms with E-state index in [-0.39, 0.29) is 24.5 Å². The number of nitrogens with zero attached hydrogens (tertiary/aromatic N) is 1. The Hall–Kier alpha value is -2.25. The molecule has 0 aromatic heterocycles. The molecule has 7 heteroatoms. The molecule has 4 rings (SSSR count). The number of halogens is 1. The van der Waals surface area contributed by atoms with Gasteiger partial charge in [0.1, 0.15) is 0 Å². The van der Waals surface area contributed by atoms with Crippen molar-refractivity contribution in [2.75, 3.05) is 6.79 Å². The third kappa shape index (κ3) is 3.29. The van der Waals surface area contributed by atoms with Gasteiger partial charge in [0.15, 0.2) is 11.5 Å². The summed E-state index contributed by atoms with van der Waals surface area (Å²) >= 11 is 4.34. The van der Waals surface area contributed by atoms with Crippen LogP contribution < -0.4 is 9.47 Å². The van der Waals surface area contributed by atoms with Gasteiger partial charge in [-0.25, -0.2) is 0 Å². The van der Waals surface area contributed by atoms with Gasteiger partial charge in [-0.2, -0.15) is 0 Å². The van der Waals surface area contributed by atoms with Gasteiger partial charge in [-0.15, -0.1) is 0 Å². The minimum Gasteiger partial charge on any atom is -0.454 e. The highest BCUT2D eigenvalue weighted by Crippen LogP contribution is 2.36. The first kappa shape index (κ1) is 16.2. The van der Waals surface area contributed by atoms with Crippen LogP contribution in [0.25, 0.3) is 6.08 Å². The van der Waals surface area contributed by atoms with E-state index in [4.69, 9.17) is 9.47 Å². The molecule has 2 aromatic rings. The zero-order valence-electron chi connectivity index (χ0n) is 12.9. The van der Waals surface area contributed by atoms with Crippen LogP contribution in [0.3, 0.4) is 0 Å². The molecule has 126 valence electrons. The SMILES string of the molecule is O=C1S/C(=C/c2ccc3c(c2)OCO3)C(=O)N1Cc1cccc(Br)c1. The average molecular weight is 418 g/mol. The van der Waals surface area contributed by atoms with Crippen molar-refractivity contribution in [2.45, 2.75) is 6.54 Å². The van der Waals surface area contributed by atoms with E-state index < -0.39 is 0 Å². The monoisotopic (exact) mass is 417 g/mol. The van der Waals surface area contributed by atoms with Crippen LogP contribution in [-0.4, -0.2) is 22.8 Å². The number of hydrogen-bond donors (Lipinski definition) is 0. The van der Waals surface area contributed by atoms with Gasteiger partial charge in [-0.1, -0.05) is 34.1 Å². The Balaban J connectivity index is 1.56. The largest absolute Gasteiger partial charge is 0.454 e. The van der Waals surface area contributed by atoms with Gasteiger partial charge in [0.25, 0.3) is 11.1 Å². The summed E-state index contributed by atoms with van der Waals surface area (Å²) in [7, 11) is 0. The molecule has 0 N–H and O–H groups in total. The lowest BCUT2D eigenvalue weighted by molar-refractivity contribution is -0.123. The average Bonchev–Trinajstić information content (AvgIpc) is 3.15.